The third kappa shape index (κ3) is 1.89. The minimum atomic E-state index is -3.24. The summed E-state index contributed by atoms with van der Waals surface area (Å²) < 4.78 is 25.5. The third-order valence-corrected chi connectivity index (χ3v) is 1.55. The van der Waals surface area contributed by atoms with Gasteiger partial charge in [0, 0.05) is 11.8 Å². The van der Waals surface area contributed by atoms with Crippen LogP contribution in [0.25, 0.3) is 0 Å². The first-order valence-corrected chi connectivity index (χ1v) is 3.55. The zero-order valence-electron chi connectivity index (χ0n) is 5.97. The lowest BCUT2D eigenvalue weighted by atomic mass is 10.1. The fraction of sp³-hybridized carbons (Fsp3) is 0.286. The summed E-state index contributed by atoms with van der Waals surface area (Å²) in [6.45, 7) is -1.23. The van der Waals surface area contributed by atoms with E-state index in [4.69, 9.17) is 16.7 Å². The van der Waals surface area contributed by atoms with Gasteiger partial charge in [0.15, 0.2) is 0 Å². The fourth-order valence-electron chi connectivity index (χ4n) is 0.721. The molecule has 2 nitrogen and oxygen atoms in total. The molecule has 0 aliphatic rings. The van der Waals surface area contributed by atoms with E-state index in [-0.39, 0.29) is 10.7 Å². The van der Waals surface area contributed by atoms with E-state index < -0.39 is 12.5 Å². The van der Waals surface area contributed by atoms with Crippen molar-refractivity contribution < 1.29 is 13.9 Å². The van der Waals surface area contributed by atoms with Gasteiger partial charge in [0.25, 0.3) is 5.92 Å². The average molecular weight is 194 g/mol. The summed E-state index contributed by atoms with van der Waals surface area (Å²) in [4.78, 5) is 3.54. The van der Waals surface area contributed by atoms with Crippen molar-refractivity contribution in [2.75, 3.05) is 6.61 Å². The lowest BCUT2D eigenvalue weighted by molar-refractivity contribution is -0.0556. The second kappa shape index (κ2) is 3.33. The second-order valence-electron chi connectivity index (χ2n) is 2.23. The Bertz CT molecular complexity index is 280. The van der Waals surface area contributed by atoms with E-state index >= 15 is 0 Å². The van der Waals surface area contributed by atoms with Gasteiger partial charge in [-0.3, -0.25) is 0 Å². The number of hydrogen-bond acceptors (Lipinski definition) is 2. The summed E-state index contributed by atoms with van der Waals surface area (Å²) in [7, 11) is 0. The van der Waals surface area contributed by atoms with Crippen molar-refractivity contribution in [1.29, 1.82) is 0 Å². The van der Waals surface area contributed by atoms with Crippen molar-refractivity contribution in [2.24, 2.45) is 0 Å². The van der Waals surface area contributed by atoms with Crippen molar-refractivity contribution in [3.63, 3.8) is 0 Å². The number of pyridine rings is 1. The predicted octanol–water partition coefficient (Wildman–Crippen LogP) is 1.82. The Balaban J connectivity index is 3.03. The maximum Gasteiger partial charge on any atom is 0.295 e. The molecule has 0 unspecified atom stereocenters. The summed E-state index contributed by atoms with van der Waals surface area (Å²) in [6, 6.07) is 2.14. The Morgan fingerprint density at radius 2 is 2.25 bits per heavy atom. The molecule has 1 rings (SSSR count). The first-order chi connectivity index (χ1) is 5.56. The average Bonchev–Trinajstić information content (AvgIpc) is 2.05. The number of halogens is 3. The molecule has 1 N–H and O–H groups in total. The van der Waals surface area contributed by atoms with E-state index in [9.17, 15) is 8.78 Å². The highest BCUT2D eigenvalue weighted by Gasteiger charge is 2.30. The topological polar surface area (TPSA) is 33.1 Å². The molecule has 0 radical (unpaired) electrons. The van der Waals surface area contributed by atoms with Crippen LogP contribution < -0.4 is 0 Å². The molecule has 0 saturated heterocycles. The first kappa shape index (κ1) is 9.35. The monoisotopic (exact) mass is 193 g/mol. The Morgan fingerprint density at radius 1 is 1.58 bits per heavy atom. The van der Waals surface area contributed by atoms with Crippen LogP contribution in [0.1, 0.15) is 5.56 Å². The molecule has 12 heavy (non-hydrogen) atoms. The maximum absolute atomic E-state index is 12.7. The third-order valence-electron chi connectivity index (χ3n) is 1.35. The van der Waals surface area contributed by atoms with E-state index in [2.05, 4.69) is 4.98 Å². The smallest absolute Gasteiger partial charge is 0.295 e. The van der Waals surface area contributed by atoms with Crippen LogP contribution in [0.3, 0.4) is 0 Å². The quantitative estimate of drug-likeness (QED) is 0.727. The lowest BCUT2D eigenvalue weighted by Gasteiger charge is -2.12. The molecule has 0 aliphatic carbocycles. The van der Waals surface area contributed by atoms with Gasteiger partial charge in [0.1, 0.15) is 11.8 Å². The number of aromatic nitrogens is 1. The minimum absolute atomic E-state index is 0.0133. The van der Waals surface area contributed by atoms with E-state index in [1.807, 2.05) is 0 Å². The number of alkyl halides is 2. The van der Waals surface area contributed by atoms with Crippen LogP contribution in [0.5, 0.6) is 0 Å². The molecular formula is C7H6ClF2NO. The molecule has 0 fully saturated rings. The van der Waals surface area contributed by atoms with Crippen LogP contribution >= 0.6 is 11.6 Å². The molecule has 0 bridgehead atoms. The van der Waals surface area contributed by atoms with Crippen molar-refractivity contribution >= 4 is 11.6 Å². The molecule has 5 heteroatoms. The SMILES string of the molecule is OCC(F)(F)c1ccnc(Cl)c1. The molecule has 66 valence electrons. The Hall–Kier alpha value is -0.740. The highest BCUT2D eigenvalue weighted by Crippen LogP contribution is 2.27. The van der Waals surface area contributed by atoms with Crippen molar-refractivity contribution in [3.8, 4) is 0 Å². The molecular weight excluding hydrogens is 188 g/mol. The van der Waals surface area contributed by atoms with Crippen LogP contribution in [0, 0.1) is 0 Å². The molecule has 1 aromatic rings. The fourth-order valence-corrected chi connectivity index (χ4v) is 0.895. The summed E-state index contributed by atoms with van der Waals surface area (Å²) in [5, 5.41) is 8.31. The normalized spacial score (nSPS) is 11.7. The minimum Gasteiger partial charge on any atom is -0.390 e. The van der Waals surface area contributed by atoms with Crippen LogP contribution in [0.4, 0.5) is 8.78 Å². The number of hydrogen-bond donors (Lipinski definition) is 1. The molecule has 0 aromatic carbocycles. The molecule has 0 spiro atoms. The van der Waals surface area contributed by atoms with Gasteiger partial charge in [-0.05, 0) is 12.1 Å². The number of nitrogens with zero attached hydrogens (tertiary/aromatic N) is 1. The Kier molecular flexibility index (Phi) is 2.59. The standard InChI is InChI=1S/C7H6ClF2NO/c8-6-3-5(1-2-11-6)7(9,10)4-12/h1-3,12H,4H2. The molecule has 0 saturated carbocycles. The van der Waals surface area contributed by atoms with Gasteiger partial charge in [-0.1, -0.05) is 11.6 Å². The molecule has 0 aliphatic heterocycles. The molecule has 0 amide bonds. The van der Waals surface area contributed by atoms with Gasteiger partial charge < -0.3 is 5.11 Å². The zero-order chi connectivity index (χ0) is 9.19. The predicted molar refractivity (Wildman–Crippen MR) is 40.2 cm³/mol. The van der Waals surface area contributed by atoms with Crippen LogP contribution in [0.2, 0.25) is 5.15 Å². The van der Waals surface area contributed by atoms with Crippen LogP contribution in [-0.2, 0) is 5.92 Å². The van der Waals surface area contributed by atoms with E-state index in [1.54, 1.807) is 0 Å². The maximum atomic E-state index is 12.7. The summed E-state index contributed by atoms with van der Waals surface area (Å²) in [5.74, 6) is -3.24. The summed E-state index contributed by atoms with van der Waals surface area (Å²) in [6.07, 6.45) is 1.17. The number of rotatable bonds is 2. The largest absolute Gasteiger partial charge is 0.390 e. The highest BCUT2D eigenvalue weighted by molar-refractivity contribution is 6.29. The van der Waals surface area contributed by atoms with Gasteiger partial charge in [0.2, 0.25) is 0 Å². The van der Waals surface area contributed by atoms with E-state index in [1.165, 1.54) is 6.20 Å². The first-order valence-electron chi connectivity index (χ1n) is 3.17. The van der Waals surface area contributed by atoms with Gasteiger partial charge in [-0.25, -0.2) is 4.98 Å². The van der Waals surface area contributed by atoms with Gasteiger partial charge in [0.05, 0.1) is 0 Å². The number of aliphatic hydroxyl groups excluding tert-OH is 1. The van der Waals surface area contributed by atoms with Crippen molar-refractivity contribution in [1.82, 2.24) is 4.98 Å². The lowest BCUT2D eigenvalue weighted by Crippen LogP contribution is -2.18. The van der Waals surface area contributed by atoms with Gasteiger partial charge >= 0.3 is 0 Å². The van der Waals surface area contributed by atoms with Crippen molar-refractivity contribution in [2.45, 2.75) is 5.92 Å². The van der Waals surface area contributed by atoms with E-state index in [0.29, 0.717) is 0 Å². The second-order valence-corrected chi connectivity index (χ2v) is 2.62. The number of aliphatic hydroxyl groups is 1. The van der Waals surface area contributed by atoms with Crippen LogP contribution in [-0.4, -0.2) is 16.7 Å². The highest BCUT2D eigenvalue weighted by atomic mass is 35.5. The van der Waals surface area contributed by atoms with Gasteiger partial charge in [-0.15, -0.1) is 0 Å². The van der Waals surface area contributed by atoms with Gasteiger partial charge in [-0.2, -0.15) is 8.78 Å². The van der Waals surface area contributed by atoms with E-state index in [0.717, 1.165) is 12.1 Å². The Labute approximate surface area is 72.8 Å². The zero-order valence-corrected chi connectivity index (χ0v) is 6.72. The molecule has 1 aromatic heterocycles. The molecule has 1 heterocycles. The van der Waals surface area contributed by atoms with Crippen LogP contribution in [0.15, 0.2) is 18.3 Å². The Morgan fingerprint density at radius 3 is 2.75 bits per heavy atom. The molecule has 0 atom stereocenters. The van der Waals surface area contributed by atoms with Crippen molar-refractivity contribution in [3.05, 3.63) is 29.0 Å². The summed E-state index contributed by atoms with van der Waals surface area (Å²) >= 11 is 5.38. The summed E-state index contributed by atoms with van der Waals surface area (Å²) in [5.41, 5.74) is -0.329.